The summed E-state index contributed by atoms with van der Waals surface area (Å²) in [4.78, 5) is 4.46. The number of thioether (sulfide) groups is 1. The van der Waals surface area contributed by atoms with E-state index in [-0.39, 0.29) is 6.04 Å². The number of aromatic nitrogens is 1. The van der Waals surface area contributed by atoms with E-state index < -0.39 is 0 Å². The summed E-state index contributed by atoms with van der Waals surface area (Å²) in [6, 6.07) is 10.3. The van der Waals surface area contributed by atoms with Crippen LogP contribution in [-0.2, 0) is 0 Å². The predicted molar refractivity (Wildman–Crippen MR) is 82.5 cm³/mol. The third-order valence-electron chi connectivity index (χ3n) is 2.69. The zero-order valence-electron chi connectivity index (χ0n) is 10.3. The standard InChI is InChI=1S/C13H15N3S2/c1-9(15-16-13(17)18-2)12-11-6-4-3-5-10(11)7-8-14-12/h3-9,15H,1-2H3,(H,16,17)/t9-/m1/s1. The van der Waals surface area contributed by atoms with Gasteiger partial charge in [0.05, 0.1) is 11.7 Å². The first-order valence-electron chi connectivity index (χ1n) is 5.65. The number of hydrazine groups is 1. The maximum absolute atomic E-state index is 5.09. The Labute approximate surface area is 116 Å². The monoisotopic (exact) mass is 277 g/mol. The molecule has 0 aliphatic rings. The van der Waals surface area contributed by atoms with E-state index in [1.807, 2.05) is 30.7 Å². The van der Waals surface area contributed by atoms with E-state index in [1.54, 1.807) is 0 Å². The quantitative estimate of drug-likeness (QED) is 0.666. The van der Waals surface area contributed by atoms with E-state index in [4.69, 9.17) is 12.2 Å². The highest BCUT2D eigenvalue weighted by Crippen LogP contribution is 2.21. The van der Waals surface area contributed by atoms with Gasteiger partial charge in [-0.1, -0.05) is 48.2 Å². The normalized spacial score (nSPS) is 12.3. The van der Waals surface area contributed by atoms with Crippen LogP contribution in [0.15, 0.2) is 36.5 Å². The molecular formula is C13H15N3S2. The molecule has 0 fully saturated rings. The van der Waals surface area contributed by atoms with Crippen LogP contribution in [0.1, 0.15) is 18.7 Å². The zero-order chi connectivity index (χ0) is 13.0. The maximum Gasteiger partial charge on any atom is 0.147 e. The molecule has 5 heteroatoms. The minimum atomic E-state index is 0.0844. The van der Waals surface area contributed by atoms with Crippen molar-refractivity contribution < 1.29 is 0 Å². The summed E-state index contributed by atoms with van der Waals surface area (Å²) < 4.78 is 0.724. The fourth-order valence-corrected chi connectivity index (χ4v) is 1.99. The number of benzene rings is 1. The van der Waals surface area contributed by atoms with Crippen LogP contribution in [-0.4, -0.2) is 15.6 Å². The van der Waals surface area contributed by atoms with E-state index >= 15 is 0 Å². The van der Waals surface area contributed by atoms with Gasteiger partial charge in [-0.2, -0.15) is 0 Å². The van der Waals surface area contributed by atoms with Gasteiger partial charge in [0.2, 0.25) is 0 Å². The first-order valence-corrected chi connectivity index (χ1v) is 7.29. The molecule has 0 radical (unpaired) electrons. The molecule has 2 rings (SSSR count). The van der Waals surface area contributed by atoms with Crippen molar-refractivity contribution >= 4 is 39.1 Å². The van der Waals surface area contributed by atoms with Crippen LogP contribution in [0.3, 0.4) is 0 Å². The van der Waals surface area contributed by atoms with Crippen LogP contribution in [0, 0.1) is 0 Å². The zero-order valence-corrected chi connectivity index (χ0v) is 11.9. The minimum absolute atomic E-state index is 0.0844. The van der Waals surface area contributed by atoms with Crippen molar-refractivity contribution in [2.45, 2.75) is 13.0 Å². The molecule has 0 bridgehead atoms. The van der Waals surface area contributed by atoms with E-state index in [9.17, 15) is 0 Å². The number of thiocarbonyl (C=S) groups is 1. The number of hydrogen-bond acceptors (Lipinski definition) is 4. The summed E-state index contributed by atoms with van der Waals surface area (Å²) in [6.07, 6.45) is 3.78. The first kappa shape index (κ1) is 13.3. The Morgan fingerprint density at radius 2 is 2.11 bits per heavy atom. The molecule has 0 amide bonds. The Hall–Kier alpha value is -1.17. The summed E-state index contributed by atoms with van der Waals surface area (Å²) in [5.41, 5.74) is 7.18. The Morgan fingerprint density at radius 3 is 2.89 bits per heavy atom. The lowest BCUT2D eigenvalue weighted by atomic mass is 10.1. The molecule has 1 aromatic carbocycles. The van der Waals surface area contributed by atoms with Gasteiger partial charge in [-0.3, -0.25) is 4.98 Å². The highest BCUT2D eigenvalue weighted by Gasteiger charge is 2.10. The minimum Gasteiger partial charge on any atom is -0.306 e. The third kappa shape index (κ3) is 2.98. The second-order valence-electron chi connectivity index (χ2n) is 3.90. The molecule has 1 heterocycles. The van der Waals surface area contributed by atoms with Gasteiger partial charge in [0.25, 0.3) is 0 Å². The van der Waals surface area contributed by atoms with E-state index in [2.05, 4.69) is 34.9 Å². The van der Waals surface area contributed by atoms with Gasteiger partial charge < -0.3 is 5.43 Å². The van der Waals surface area contributed by atoms with Crippen molar-refractivity contribution in [3.05, 3.63) is 42.2 Å². The summed E-state index contributed by atoms with van der Waals surface area (Å²) in [5, 5.41) is 2.36. The number of pyridine rings is 1. The summed E-state index contributed by atoms with van der Waals surface area (Å²) in [5.74, 6) is 0. The molecule has 1 aromatic heterocycles. The second-order valence-corrected chi connectivity index (χ2v) is 5.38. The van der Waals surface area contributed by atoms with Crippen LogP contribution >= 0.6 is 24.0 Å². The average Bonchev–Trinajstić information content (AvgIpc) is 2.43. The smallest absolute Gasteiger partial charge is 0.147 e. The first-order chi connectivity index (χ1) is 8.72. The van der Waals surface area contributed by atoms with Crippen molar-refractivity contribution in [2.24, 2.45) is 0 Å². The van der Waals surface area contributed by atoms with Crippen molar-refractivity contribution in [1.29, 1.82) is 0 Å². The van der Waals surface area contributed by atoms with Crippen LogP contribution in [0.4, 0.5) is 0 Å². The number of nitrogens with zero attached hydrogens (tertiary/aromatic N) is 1. The average molecular weight is 277 g/mol. The van der Waals surface area contributed by atoms with Crippen molar-refractivity contribution in [2.75, 3.05) is 6.26 Å². The predicted octanol–water partition coefficient (Wildman–Crippen LogP) is 3.04. The molecule has 0 saturated carbocycles. The van der Waals surface area contributed by atoms with Gasteiger partial charge >= 0.3 is 0 Å². The van der Waals surface area contributed by atoms with E-state index in [1.165, 1.54) is 17.1 Å². The van der Waals surface area contributed by atoms with Crippen LogP contribution in [0.2, 0.25) is 0 Å². The maximum atomic E-state index is 5.09. The fraction of sp³-hybridized carbons (Fsp3) is 0.231. The summed E-state index contributed by atoms with van der Waals surface area (Å²) in [6.45, 7) is 2.06. The van der Waals surface area contributed by atoms with Gasteiger partial charge in [0.15, 0.2) is 0 Å². The van der Waals surface area contributed by atoms with Crippen LogP contribution < -0.4 is 10.9 Å². The molecule has 0 saturated heterocycles. The fourth-order valence-electron chi connectivity index (χ4n) is 1.77. The van der Waals surface area contributed by atoms with Gasteiger partial charge in [-0.25, -0.2) is 5.43 Å². The highest BCUT2D eigenvalue weighted by atomic mass is 32.2. The lowest BCUT2D eigenvalue weighted by molar-refractivity contribution is 0.543. The lowest BCUT2D eigenvalue weighted by Gasteiger charge is -2.16. The van der Waals surface area contributed by atoms with Gasteiger partial charge in [-0.15, -0.1) is 0 Å². The molecular weight excluding hydrogens is 262 g/mol. The van der Waals surface area contributed by atoms with Crippen molar-refractivity contribution in [3.8, 4) is 0 Å². The number of fused-ring (bicyclic) bond motifs is 1. The second kappa shape index (κ2) is 6.13. The number of rotatable bonds is 3. The van der Waals surface area contributed by atoms with E-state index in [0.717, 1.165) is 15.4 Å². The molecule has 0 aliphatic carbocycles. The number of hydrogen-bond donors (Lipinski definition) is 2. The molecule has 94 valence electrons. The van der Waals surface area contributed by atoms with Crippen LogP contribution in [0.25, 0.3) is 10.8 Å². The molecule has 3 nitrogen and oxygen atoms in total. The van der Waals surface area contributed by atoms with Gasteiger partial charge in [0, 0.05) is 11.6 Å². The Bertz CT molecular complexity index is 551. The summed E-state index contributed by atoms with van der Waals surface area (Å²) in [7, 11) is 0. The Balaban J connectivity index is 2.22. The molecule has 0 spiro atoms. The molecule has 2 aromatic rings. The van der Waals surface area contributed by atoms with Gasteiger partial charge in [-0.05, 0) is 24.6 Å². The SMILES string of the molecule is CSC(=S)NN[C@H](C)c1nccc2ccccc12. The molecule has 2 N–H and O–H groups in total. The largest absolute Gasteiger partial charge is 0.306 e. The van der Waals surface area contributed by atoms with Crippen molar-refractivity contribution in [3.63, 3.8) is 0 Å². The van der Waals surface area contributed by atoms with E-state index in [0.29, 0.717) is 0 Å². The molecule has 1 atom stereocenters. The lowest BCUT2D eigenvalue weighted by Crippen LogP contribution is -2.36. The topological polar surface area (TPSA) is 37.0 Å². The highest BCUT2D eigenvalue weighted by molar-refractivity contribution is 8.22. The molecule has 18 heavy (non-hydrogen) atoms. The van der Waals surface area contributed by atoms with Crippen molar-refractivity contribution in [1.82, 2.24) is 15.8 Å². The Kier molecular flexibility index (Phi) is 4.52. The van der Waals surface area contributed by atoms with Crippen LogP contribution in [0.5, 0.6) is 0 Å². The summed E-state index contributed by atoms with van der Waals surface area (Å²) >= 11 is 6.59. The molecule has 0 unspecified atom stereocenters. The van der Waals surface area contributed by atoms with Gasteiger partial charge in [0.1, 0.15) is 4.32 Å². The molecule has 0 aliphatic heterocycles. The number of nitrogens with one attached hydrogen (secondary N) is 2. The third-order valence-corrected chi connectivity index (χ3v) is 3.77. The Morgan fingerprint density at radius 1 is 1.33 bits per heavy atom.